The van der Waals surface area contributed by atoms with Crippen molar-refractivity contribution in [3.05, 3.63) is 55.7 Å². The van der Waals surface area contributed by atoms with E-state index in [9.17, 15) is 8.78 Å². The third-order valence-corrected chi connectivity index (χ3v) is 4.42. The standard InChI is InChI=1S/C13H6Br2F2N2S/c14-6-2-1-3-8(16)12(6)19-11-4-7(15)9(17)5-10(11)18-13(19)20/h1-5H,(H,18,20). The first-order valence-electron chi connectivity index (χ1n) is 5.53. The summed E-state index contributed by atoms with van der Waals surface area (Å²) in [6, 6.07) is 7.55. The van der Waals surface area contributed by atoms with Crippen molar-refractivity contribution in [2.75, 3.05) is 0 Å². The summed E-state index contributed by atoms with van der Waals surface area (Å²) < 4.78 is 30.3. The van der Waals surface area contributed by atoms with Gasteiger partial charge in [-0.15, -0.1) is 0 Å². The van der Waals surface area contributed by atoms with Crippen molar-refractivity contribution >= 4 is 55.1 Å². The molecule has 0 spiro atoms. The van der Waals surface area contributed by atoms with E-state index in [4.69, 9.17) is 12.2 Å². The van der Waals surface area contributed by atoms with Crippen LogP contribution in [0, 0.1) is 16.4 Å². The SMILES string of the molecule is Fc1cc2[nH]c(=S)n(-c3c(F)cccc3Br)c2cc1Br. The summed E-state index contributed by atoms with van der Waals surface area (Å²) in [7, 11) is 0. The van der Waals surface area contributed by atoms with Gasteiger partial charge in [-0.3, -0.25) is 4.57 Å². The zero-order valence-electron chi connectivity index (χ0n) is 9.75. The molecule has 1 aromatic heterocycles. The van der Waals surface area contributed by atoms with E-state index in [-0.39, 0.29) is 0 Å². The second-order valence-electron chi connectivity index (χ2n) is 4.12. The Kier molecular flexibility index (Phi) is 3.51. The Morgan fingerprint density at radius 1 is 1.05 bits per heavy atom. The molecule has 102 valence electrons. The van der Waals surface area contributed by atoms with Gasteiger partial charge < -0.3 is 4.98 Å². The number of hydrogen-bond donors (Lipinski definition) is 1. The molecular weight excluding hydrogens is 414 g/mol. The fourth-order valence-electron chi connectivity index (χ4n) is 2.03. The second-order valence-corrected chi connectivity index (χ2v) is 6.21. The largest absolute Gasteiger partial charge is 0.330 e. The topological polar surface area (TPSA) is 20.7 Å². The number of benzene rings is 2. The molecule has 7 heteroatoms. The summed E-state index contributed by atoms with van der Waals surface area (Å²) in [4.78, 5) is 2.88. The third kappa shape index (κ3) is 2.13. The molecule has 1 N–H and O–H groups in total. The van der Waals surface area contributed by atoms with E-state index in [1.54, 1.807) is 18.2 Å². The first kappa shape index (κ1) is 13.9. The summed E-state index contributed by atoms with van der Waals surface area (Å²) in [6.07, 6.45) is 0. The van der Waals surface area contributed by atoms with Crippen molar-refractivity contribution < 1.29 is 8.78 Å². The Bertz CT molecular complexity index is 866. The van der Waals surface area contributed by atoms with Gasteiger partial charge in [0.25, 0.3) is 0 Å². The predicted molar refractivity (Wildman–Crippen MR) is 83.8 cm³/mol. The summed E-state index contributed by atoms with van der Waals surface area (Å²) in [5.41, 5.74) is 1.39. The zero-order valence-corrected chi connectivity index (χ0v) is 13.7. The van der Waals surface area contributed by atoms with Gasteiger partial charge in [0.15, 0.2) is 4.77 Å². The van der Waals surface area contributed by atoms with Crippen molar-refractivity contribution in [1.82, 2.24) is 9.55 Å². The molecule has 0 saturated heterocycles. The lowest BCUT2D eigenvalue weighted by Crippen LogP contribution is -1.99. The minimum atomic E-state index is -0.420. The van der Waals surface area contributed by atoms with Gasteiger partial charge in [0.1, 0.15) is 11.6 Å². The Labute approximate surface area is 134 Å². The van der Waals surface area contributed by atoms with Crippen LogP contribution in [0.1, 0.15) is 0 Å². The molecule has 0 aliphatic carbocycles. The fraction of sp³-hybridized carbons (Fsp3) is 0. The van der Waals surface area contributed by atoms with Gasteiger partial charge in [-0.1, -0.05) is 6.07 Å². The molecule has 0 radical (unpaired) electrons. The minimum Gasteiger partial charge on any atom is -0.330 e. The minimum absolute atomic E-state index is 0.292. The van der Waals surface area contributed by atoms with E-state index in [1.165, 1.54) is 16.7 Å². The third-order valence-electron chi connectivity index (χ3n) is 2.89. The van der Waals surface area contributed by atoms with Gasteiger partial charge >= 0.3 is 0 Å². The monoisotopic (exact) mass is 418 g/mol. The number of nitrogens with zero attached hydrogens (tertiary/aromatic N) is 1. The number of fused-ring (bicyclic) bond motifs is 1. The number of aromatic nitrogens is 2. The molecule has 2 aromatic carbocycles. The molecule has 0 unspecified atom stereocenters. The van der Waals surface area contributed by atoms with Crippen LogP contribution >= 0.6 is 44.1 Å². The van der Waals surface area contributed by atoms with Crippen LogP contribution in [-0.4, -0.2) is 9.55 Å². The molecule has 0 atom stereocenters. The maximum Gasteiger partial charge on any atom is 0.182 e. The number of nitrogens with one attached hydrogen (secondary N) is 1. The highest BCUT2D eigenvalue weighted by Gasteiger charge is 2.15. The zero-order chi connectivity index (χ0) is 14.4. The first-order chi connectivity index (χ1) is 9.49. The highest BCUT2D eigenvalue weighted by atomic mass is 79.9. The van der Waals surface area contributed by atoms with Crippen molar-refractivity contribution in [3.8, 4) is 5.69 Å². The highest BCUT2D eigenvalue weighted by Crippen LogP contribution is 2.30. The summed E-state index contributed by atoms with van der Waals surface area (Å²) >= 11 is 11.7. The quantitative estimate of drug-likeness (QED) is 0.517. The number of hydrogen-bond acceptors (Lipinski definition) is 1. The van der Waals surface area contributed by atoms with Crippen molar-refractivity contribution in [1.29, 1.82) is 0 Å². The molecular formula is C13H6Br2F2N2S. The fourth-order valence-corrected chi connectivity index (χ4v) is 3.18. The van der Waals surface area contributed by atoms with Gasteiger partial charge in [-0.25, -0.2) is 8.78 Å². The highest BCUT2D eigenvalue weighted by molar-refractivity contribution is 9.10. The normalized spacial score (nSPS) is 11.2. The van der Waals surface area contributed by atoms with Crippen LogP contribution in [0.2, 0.25) is 0 Å². The van der Waals surface area contributed by atoms with Gasteiger partial charge in [0.05, 0.1) is 21.2 Å². The average Bonchev–Trinajstić information content (AvgIpc) is 2.67. The number of halogens is 4. The van der Waals surface area contributed by atoms with Gasteiger partial charge in [-0.05, 0) is 62.3 Å². The van der Waals surface area contributed by atoms with Crippen molar-refractivity contribution in [2.45, 2.75) is 0 Å². The van der Waals surface area contributed by atoms with E-state index in [0.717, 1.165) is 0 Å². The van der Waals surface area contributed by atoms with E-state index in [0.29, 0.717) is 30.4 Å². The summed E-state index contributed by atoms with van der Waals surface area (Å²) in [5.74, 6) is -0.828. The lowest BCUT2D eigenvalue weighted by atomic mass is 10.2. The number of aromatic amines is 1. The van der Waals surface area contributed by atoms with E-state index in [2.05, 4.69) is 36.8 Å². The predicted octanol–water partition coefficient (Wildman–Crippen LogP) is 5.49. The second kappa shape index (κ2) is 5.05. The molecule has 0 saturated carbocycles. The maximum absolute atomic E-state index is 14.1. The molecule has 0 bridgehead atoms. The summed E-state index contributed by atoms with van der Waals surface area (Å²) in [5, 5.41) is 0. The van der Waals surface area contributed by atoms with Gasteiger partial charge in [-0.2, -0.15) is 0 Å². The molecule has 0 amide bonds. The molecule has 0 aliphatic rings. The average molecular weight is 420 g/mol. The van der Waals surface area contributed by atoms with Crippen LogP contribution < -0.4 is 0 Å². The van der Waals surface area contributed by atoms with Crippen LogP contribution in [0.15, 0.2) is 39.3 Å². The molecule has 20 heavy (non-hydrogen) atoms. The molecule has 0 fully saturated rings. The summed E-state index contributed by atoms with van der Waals surface area (Å²) in [6.45, 7) is 0. The van der Waals surface area contributed by atoms with Crippen LogP contribution in [0.5, 0.6) is 0 Å². The number of rotatable bonds is 1. The van der Waals surface area contributed by atoms with Crippen molar-refractivity contribution in [2.24, 2.45) is 0 Å². The number of imidazole rings is 1. The molecule has 3 rings (SSSR count). The Hall–Kier alpha value is -1.05. The molecule has 2 nitrogen and oxygen atoms in total. The van der Waals surface area contributed by atoms with E-state index in [1.807, 2.05) is 0 Å². The van der Waals surface area contributed by atoms with Crippen LogP contribution in [-0.2, 0) is 0 Å². The number of H-pyrrole nitrogens is 1. The van der Waals surface area contributed by atoms with E-state index >= 15 is 0 Å². The maximum atomic E-state index is 14.1. The van der Waals surface area contributed by atoms with Gasteiger partial charge in [0.2, 0.25) is 0 Å². The van der Waals surface area contributed by atoms with Gasteiger partial charge in [0, 0.05) is 10.5 Å². The molecule has 0 aliphatic heterocycles. The molecule has 3 aromatic rings. The van der Waals surface area contributed by atoms with Crippen LogP contribution in [0.25, 0.3) is 16.7 Å². The Morgan fingerprint density at radius 2 is 1.80 bits per heavy atom. The lowest BCUT2D eigenvalue weighted by molar-refractivity contribution is 0.617. The first-order valence-corrected chi connectivity index (χ1v) is 7.52. The smallest absolute Gasteiger partial charge is 0.182 e. The molecule has 1 heterocycles. The number of para-hydroxylation sites is 1. The Balaban J connectivity index is 2.46. The van der Waals surface area contributed by atoms with E-state index < -0.39 is 11.6 Å². The van der Waals surface area contributed by atoms with Crippen molar-refractivity contribution in [3.63, 3.8) is 0 Å². The Morgan fingerprint density at radius 3 is 2.50 bits per heavy atom. The van der Waals surface area contributed by atoms with Crippen LogP contribution in [0.3, 0.4) is 0 Å². The lowest BCUT2D eigenvalue weighted by Gasteiger charge is -2.08. The van der Waals surface area contributed by atoms with Crippen LogP contribution in [0.4, 0.5) is 8.78 Å².